The molecule has 1 amide bonds. The average molecular weight is 289 g/mol. The number of nitrogens with zero attached hydrogens (tertiary/aromatic N) is 2. The molecule has 0 aliphatic heterocycles. The third-order valence-corrected chi connectivity index (χ3v) is 3.99. The molecular formula is C15H19N3OS. The number of carbonyl (C=O) groups is 1. The number of amides is 1. The molecule has 20 heavy (non-hydrogen) atoms. The summed E-state index contributed by atoms with van der Waals surface area (Å²) in [6, 6.07) is 5.75. The fourth-order valence-corrected chi connectivity index (χ4v) is 2.76. The first-order valence-corrected chi connectivity index (χ1v) is 7.52. The Morgan fingerprint density at radius 1 is 1.40 bits per heavy atom. The highest BCUT2D eigenvalue weighted by Gasteiger charge is 2.13. The average Bonchev–Trinajstić information content (AvgIpc) is 2.79. The summed E-state index contributed by atoms with van der Waals surface area (Å²) in [6.07, 6.45) is 2.14. The minimum Gasteiger partial charge on any atom is -0.356 e. The van der Waals surface area contributed by atoms with Crippen LogP contribution in [-0.2, 0) is 11.2 Å². The molecule has 2 rings (SSSR count). The summed E-state index contributed by atoms with van der Waals surface area (Å²) in [7, 11) is 0. The Kier molecular flexibility index (Phi) is 4.84. The Balaban J connectivity index is 2.07. The monoisotopic (exact) mass is 289 g/mol. The summed E-state index contributed by atoms with van der Waals surface area (Å²) in [5.74, 6) is 0.517. The van der Waals surface area contributed by atoms with Gasteiger partial charge in [0.05, 0.1) is 17.8 Å². The van der Waals surface area contributed by atoms with Crippen LogP contribution in [0.2, 0.25) is 0 Å². The third kappa shape index (κ3) is 3.87. The molecule has 2 aromatic heterocycles. The topological polar surface area (TPSA) is 54.9 Å². The molecule has 0 bridgehead atoms. The molecule has 1 N–H and O–H groups in total. The van der Waals surface area contributed by atoms with Crippen LogP contribution in [0.25, 0.3) is 10.7 Å². The first-order valence-electron chi connectivity index (χ1n) is 6.70. The second-order valence-electron chi connectivity index (χ2n) is 5.12. The van der Waals surface area contributed by atoms with Gasteiger partial charge in [0.1, 0.15) is 5.01 Å². The van der Waals surface area contributed by atoms with Crippen molar-refractivity contribution in [2.45, 2.75) is 27.2 Å². The van der Waals surface area contributed by atoms with Gasteiger partial charge in [-0.1, -0.05) is 19.9 Å². The zero-order chi connectivity index (χ0) is 14.5. The van der Waals surface area contributed by atoms with Gasteiger partial charge in [-0.2, -0.15) is 0 Å². The molecule has 4 nitrogen and oxygen atoms in total. The predicted octanol–water partition coefficient (Wildman–Crippen LogP) is 2.83. The Hall–Kier alpha value is -1.75. The quantitative estimate of drug-likeness (QED) is 0.921. The molecule has 0 saturated carbocycles. The van der Waals surface area contributed by atoms with Gasteiger partial charge >= 0.3 is 0 Å². The largest absolute Gasteiger partial charge is 0.356 e. The first kappa shape index (κ1) is 14.7. The molecule has 0 fully saturated rings. The molecule has 106 valence electrons. The fraction of sp³-hybridized carbons (Fsp3) is 0.400. The van der Waals surface area contributed by atoms with Crippen LogP contribution in [-0.4, -0.2) is 22.4 Å². The summed E-state index contributed by atoms with van der Waals surface area (Å²) in [6.45, 7) is 6.81. The van der Waals surface area contributed by atoms with E-state index in [0.29, 0.717) is 18.9 Å². The van der Waals surface area contributed by atoms with Crippen LogP contribution in [0, 0.1) is 12.8 Å². The first-order chi connectivity index (χ1) is 9.56. The summed E-state index contributed by atoms with van der Waals surface area (Å²) in [4.78, 5) is 21.7. The molecule has 0 atom stereocenters. The normalized spacial score (nSPS) is 10.8. The molecule has 0 spiro atoms. The van der Waals surface area contributed by atoms with Gasteiger partial charge in [-0.15, -0.1) is 11.3 Å². The minimum absolute atomic E-state index is 0.0537. The summed E-state index contributed by atoms with van der Waals surface area (Å²) in [5, 5.41) is 3.80. The van der Waals surface area contributed by atoms with Gasteiger partial charge < -0.3 is 5.32 Å². The van der Waals surface area contributed by atoms with Crippen LogP contribution in [0.5, 0.6) is 0 Å². The number of aryl methyl sites for hydroxylation is 1. The highest BCUT2D eigenvalue weighted by Crippen LogP contribution is 2.26. The van der Waals surface area contributed by atoms with E-state index in [0.717, 1.165) is 21.3 Å². The lowest BCUT2D eigenvalue weighted by molar-refractivity contribution is -0.120. The summed E-state index contributed by atoms with van der Waals surface area (Å²) in [5.41, 5.74) is 1.77. The lowest BCUT2D eigenvalue weighted by Gasteiger charge is -2.06. The molecule has 0 unspecified atom stereocenters. The van der Waals surface area contributed by atoms with E-state index < -0.39 is 0 Å². The molecule has 0 aliphatic rings. The smallest absolute Gasteiger partial charge is 0.225 e. The zero-order valence-electron chi connectivity index (χ0n) is 12.0. The van der Waals surface area contributed by atoms with Crippen molar-refractivity contribution in [2.75, 3.05) is 6.54 Å². The van der Waals surface area contributed by atoms with Crippen molar-refractivity contribution >= 4 is 17.2 Å². The number of hydrogen-bond acceptors (Lipinski definition) is 4. The van der Waals surface area contributed by atoms with Crippen molar-refractivity contribution in [3.63, 3.8) is 0 Å². The van der Waals surface area contributed by atoms with Crippen molar-refractivity contribution in [1.82, 2.24) is 15.3 Å². The van der Waals surface area contributed by atoms with E-state index in [2.05, 4.69) is 29.1 Å². The molecular weight excluding hydrogens is 270 g/mol. The van der Waals surface area contributed by atoms with Gasteiger partial charge in [0.15, 0.2) is 0 Å². The van der Waals surface area contributed by atoms with E-state index in [9.17, 15) is 4.79 Å². The second kappa shape index (κ2) is 6.61. The number of thiazole rings is 1. The van der Waals surface area contributed by atoms with Crippen LogP contribution in [0.1, 0.15) is 24.4 Å². The standard InChI is InChI=1S/C15H19N3OS/c1-10(2)9-17-14(19)8-13-11(3)18-15(20-13)12-6-4-5-7-16-12/h4-7,10H,8-9H2,1-3H3,(H,17,19). The fourth-order valence-electron chi connectivity index (χ4n) is 1.72. The van der Waals surface area contributed by atoms with E-state index in [1.54, 1.807) is 17.5 Å². The van der Waals surface area contributed by atoms with Gasteiger partial charge in [0.25, 0.3) is 0 Å². The van der Waals surface area contributed by atoms with Crippen molar-refractivity contribution < 1.29 is 4.79 Å². The number of carbonyl (C=O) groups excluding carboxylic acids is 1. The van der Waals surface area contributed by atoms with E-state index in [-0.39, 0.29) is 5.91 Å². The Bertz CT molecular complexity index is 578. The summed E-state index contributed by atoms with van der Waals surface area (Å²) >= 11 is 1.54. The second-order valence-corrected chi connectivity index (χ2v) is 6.20. The molecule has 0 aromatic carbocycles. The Labute approximate surface area is 123 Å². The molecule has 2 heterocycles. The maximum atomic E-state index is 11.9. The van der Waals surface area contributed by atoms with Crippen LogP contribution >= 0.6 is 11.3 Å². The van der Waals surface area contributed by atoms with Gasteiger partial charge in [-0.3, -0.25) is 9.78 Å². The molecule has 0 radical (unpaired) electrons. The van der Waals surface area contributed by atoms with Gasteiger partial charge in [-0.05, 0) is 25.0 Å². The van der Waals surface area contributed by atoms with E-state index in [1.807, 2.05) is 25.1 Å². The van der Waals surface area contributed by atoms with Crippen LogP contribution in [0.3, 0.4) is 0 Å². The zero-order valence-corrected chi connectivity index (χ0v) is 12.8. The maximum Gasteiger partial charge on any atom is 0.225 e. The van der Waals surface area contributed by atoms with E-state index in [1.165, 1.54) is 0 Å². The lowest BCUT2D eigenvalue weighted by Crippen LogP contribution is -2.28. The third-order valence-electron chi connectivity index (χ3n) is 2.81. The Morgan fingerprint density at radius 3 is 2.85 bits per heavy atom. The maximum absolute atomic E-state index is 11.9. The number of rotatable bonds is 5. The highest BCUT2D eigenvalue weighted by atomic mass is 32.1. The minimum atomic E-state index is 0.0537. The van der Waals surface area contributed by atoms with E-state index >= 15 is 0 Å². The molecule has 5 heteroatoms. The van der Waals surface area contributed by atoms with Crippen molar-refractivity contribution in [3.05, 3.63) is 35.0 Å². The predicted molar refractivity (Wildman–Crippen MR) is 81.6 cm³/mol. The Morgan fingerprint density at radius 2 is 2.20 bits per heavy atom. The number of nitrogens with one attached hydrogen (secondary N) is 1. The molecule has 0 aliphatic carbocycles. The van der Waals surface area contributed by atoms with Gasteiger partial charge in [-0.25, -0.2) is 4.98 Å². The van der Waals surface area contributed by atoms with Crippen LogP contribution < -0.4 is 5.32 Å². The van der Waals surface area contributed by atoms with Crippen LogP contribution in [0.15, 0.2) is 24.4 Å². The number of pyridine rings is 1. The SMILES string of the molecule is Cc1nc(-c2ccccn2)sc1CC(=O)NCC(C)C. The van der Waals surface area contributed by atoms with Gasteiger partial charge in [0.2, 0.25) is 5.91 Å². The lowest BCUT2D eigenvalue weighted by atomic mass is 10.2. The van der Waals surface area contributed by atoms with Crippen molar-refractivity contribution in [3.8, 4) is 10.7 Å². The molecule has 2 aromatic rings. The van der Waals surface area contributed by atoms with Crippen molar-refractivity contribution in [1.29, 1.82) is 0 Å². The van der Waals surface area contributed by atoms with Crippen LogP contribution in [0.4, 0.5) is 0 Å². The molecule has 0 saturated heterocycles. The van der Waals surface area contributed by atoms with Gasteiger partial charge in [0, 0.05) is 17.6 Å². The number of aromatic nitrogens is 2. The van der Waals surface area contributed by atoms with Crippen molar-refractivity contribution in [2.24, 2.45) is 5.92 Å². The highest BCUT2D eigenvalue weighted by molar-refractivity contribution is 7.15. The number of hydrogen-bond donors (Lipinski definition) is 1. The van der Waals surface area contributed by atoms with E-state index in [4.69, 9.17) is 0 Å². The summed E-state index contributed by atoms with van der Waals surface area (Å²) < 4.78 is 0.